The second kappa shape index (κ2) is 7.54. The number of aromatic carboxylic acids is 1. The van der Waals surface area contributed by atoms with Crippen LogP contribution in [0.5, 0.6) is 0 Å². The minimum absolute atomic E-state index is 0.0247. The molecule has 0 aromatic heterocycles. The number of carbonyl (C=O) groups excluding carboxylic acids is 2. The van der Waals surface area contributed by atoms with E-state index in [0.29, 0.717) is 0 Å². The van der Waals surface area contributed by atoms with E-state index in [4.69, 9.17) is 16.3 Å². The van der Waals surface area contributed by atoms with Gasteiger partial charge in [0.1, 0.15) is 0 Å². The number of sulfonamides is 1. The Morgan fingerprint density at radius 2 is 1.72 bits per heavy atom. The number of carboxylic acid groups (broad SMARTS) is 1. The molecule has 0 spiro atoms. The van der Waals surface area contributed by atoms with E-state index in [1.807, 2.05) is 0 Å². The minimum Gasteiger partial charge on any atom is -0.545 e. The molecule has 25 heavy (non-hydrogen) atoms. The number of hydrogen-bond acceptors (Lipinski definition) is 6. The van der Waals surface area contributed by atoms with Crippen LogP contribution >= 0.6 is 11.6 Å². The van der Waals surface area contributed by atoms with Crippen LogP contribution in [0.1, 0.15) is 27.6 Å². The molecule has 0 unspecified atom stereocenters. The Kier molecular flexibility index (Phi) is 5.66. The van der Waals surface area contributed by atoms with Crippen LogP contribution in [0.3, 0.4) is 0 Å². The summed E-state index contributed by atoms with van der Waals surface area (Å²) in [6.45, 7) is 1.86. The van der Waals surface area contributed by atoms with Gasteiger partial charge in [0, 0.05) is 0 Å². The molecule has 0 bridgehead atoms. The maximum absolute atomic E-state index is 12.4. The van der Waals surface area contributed by atoms with Crippen LogP contribution in [0, 0.1) is 0 Å². The summed E-state index contributed by atoms with van der Waals surface area (Å²) < 4.78 is 31.8. The van der Waals surface area contributed by atoms with Gasteiger partial charge in [-0.3, -0.25) is 4.72 Å². The van der Waals surface area contributed by atoms with Gasteiger partial charge in [-0.25, -0.2) is 13.2 Å². The summed E-state index contributed by atoms with van der Waals surface area (Å²) in [5, 5.41) is 10.9. The fraction of sp³-hybridized carbons (Fsp3) is 0.125. The number of carboxylic acids is 1. The molecule has 0 aliphatic heterocycles. The summed E-state index contributed by atoms with van der Waals surface area (Å²) in [4.78, 5) is 22.3. The summed E-state index contributed by atoms with van der Waals surface area (Å²) in [5.41, 5.74) is -0.115. The standard InChI is InChI=1S/C16H14ClNO6S/c1-2-24-16(21)10-3-6-12(7-4-10)25(22,23)18-14-9-11(15(19)20)5-8-13(14)17/h3-9,18H,2H2,1H3,(H,19,20)/p-1. The van der Waals surface area contributed by atoms with Crippen LogP contribution in [-0.4, -0.2) is 27.0 Å². The first-order chi connectivity index (χ1) is 11.7. The van der Waals surface area contributed by atoms with E-state index < -0.39 is 22.0 Å². The summed E-state index contributed by atoms with van der Waals surface area (Å²) in [5.74, 6) is -2.03. The molecule has 0 saturated carbocycles. The zero-order chi connectivity index (χ0) is 18.6. The third-order valence-electron chi connectivity index (χ3n) is 3.12. The quantitative estimate of drug-likeness (QED) is 0.760. The number of esters is 1. The third-order valence-corrected chi connectivity index (χ3v) is 4.83. The van der Waals surface area contributed by atoms with Gasteiger partial charge in [0.15, 0.2) is 0 Å². The SMILES string of the molecule is CCOC(=O)c1ccc(S(=O)(=O)Nc2cc(C(=O)[O-])ccc2Cl)cc1. The molecule has 0 saturated heterocycles. The van der Waals surface area contributed by atoms with Crippen molar-refractivity contribution in [1.29, 1.82) is 0 Å². The predicted molar refractivity (Wildman–Crippen MR) is 89.0 cm³/mol. The number of anilines is 1. The van der Waals surface area contributed by atoms with E-state index in [1.165, 1.54) is 36.4 Å². The molecule has 1 N–H and O–H groups in total. The van der Waals surface area contributed by atoms with Crippen molar-refractivity contribution < 1.29 is 27.9 Å². The van der Waals surface area contributed by atoms with Gasteiger partial charge in [-0.05, 0) is 48.9 Å². The molecule has 0 amide bonds. The summed E-state index contributed by atoms with van der Waals surface area (Å²) in [7, 11) is -4.03. The average molecular weight is 383 g/mol. The van der Waals surface area contributed by atoms with Crippen LogP contribution in [-0.2, 0) is 14.8 Å². The normalized spacial score (nSPS) is 11.0. The van der Waals surface area contributed by atoms with Crippen molar-refractivity contribution in [1.82, 2.24) is 0 Å². The lowest BCUT2D eigenvalue weighted by molar-refractivity contribution is -0.255. The molecule has 0 aliphatic carbocycles. The van der Waals surface area contributed by atoms with Gasteiger partial charge in [0.2, 0.25) is 0 Å². The molecule has 0 heterocycles. The smallest absolute Gasteiger partial charge is 0.338 e. The highest BCUT2D eigenvalue weighted by molar-refractivity contribution is 7.92. The second-order valence-electron chi connectivity index (χ2n) is 4.83. The van der Waals surface area contributed by atoms with Gasteiger partial charge in [0.25, 0.3) is 10.0 Å². The molecule has 132 valence electrons. The maximum atomic E-state index is 12.4. The Bertz CT molecular complexity index is 909. The Morgan fingerprint density at radius 3 is 2.28 bits per heavy atom. The van der Waals surface area contributed by atoms with E-state index in [1.54, 1.807) is 6.92 Å². The Morgan fingerprint density at radius 1 is 1.12 bits per heavy atom. The van der Waals surface area contributed by atoms with Gasteiger partial charge in [-0.1, -0.05) is 17.7 Å². The van der Waals surface area contributed by atoms with E-state index in [0.717, 1.165) is 6.07 Å². The lowest BCUT2D eigenvalue weighted by Crippen LogP contribution is -2.22. The molecule has 9 heteroatoms. The van der Waals surface area contributed by atoms with Crippen molar-refractivity contribution in [3.8, 4) is 0 Å². The van der Waals surface area contributed by atoms with E-state index in [2.05, 4.69) is 4.72 Å². The summed E-state index contributed by atoms with van der Waals surface area (Å²) >= 11 is 5.89. The fourth-order valence-corrected chi connectivity index (χ4v) is 3.21. The Balaban J connectivity index is 2.29. The molecule has 0 atom stereocenters. The second-order valence-corrected chi connectivity index (χ2v) is 6.92. The lowest BCUT2D eigenvalue weighted by atomic mass is 10.2. The molecule has 2 aromatic carbocycles. The zero-order valence-corrected chi connectivity index (χ0v) is 14.6. The van der Waals surface area contributed by atoms with Gasteiger partial charge >= 0.3 is 5.97 Å². The van der Waals surface area contributed by atoms with Crippen molar-refractivity contribution >= 4 is 39.3 Å². The number of ether oxygens (including phenoxy) is 1. The zero-order valence-electron chi connectivity index (χ0n) is 13.0. The topological polar surface area (TPSA) is 113 Å². The maximum Gasteiger partial charge on any atom is 0.338 e. The largest absolute Gasteiger partial charge is 0.545 e. The van der Waals surface area contributed by atoms with Gasteiger partial charge in [0.05, 0.1) is 33.7 Å². The summed E-state index contributed by atoms with van der Waals surface area (Å²) in [6.07, 6.45) is 0. The minimum atomic E-state index is -4.03. The molecule has 2 rings (SSSR count). The first kappa shape index (κ1) is 18.8. The van der Waals surface area contributed by atoms with Crippen LogP contribution < -0.4 is 9.83 Å². The van der Waals surface area contributed by atoms with Gasteiger partial charge in [-0.2, -0.15) is 0 Å². The van der Waals surface area contributed by atoms with Crippen molar-refractivity contribution in [3.05, 3.63) is 58.6 Å². The molecule has 7 nitrogen and oxygen atoms in total. The van der Waals surface area contributed by atoms with Crippen molar-refractivity contribution in [2.75, 3.05) is 11.3 Å². The fourth-order valence-electron chi connectivity index (χ4n) is 1.92. The number of carbonyl (C=O) groups is 2. The highest BCUT2D eigenvalue weighted by Crippen LogP contribution is 2.26. The molecular weight excluding hydrogens is 370 g/mol. The molecule has 2 aromatic rings. The van der Waals surface area contributed by atoms with Crippen LogP contribution in [0.25, 0.3) is 0 Å². The van der Waals surface area contributed by atoms with Crippen molar-refractivity contribution in [2.45, 2.75) is 11.8 Å². The molecule has 0 radical (unpaired) electrons. The van der Waals surface area contributed by atoms with Crippen LogP contribution in [0.2, 0.25) is 5.02 Å². The highest BCUT2D eigenvalue weighted by Gasteiger charge is 2.17. The third kappa shape index (κ3) is 4.49. The van der Waals surface area contributed by atoms with Crippen molar-refractivity contribution in [3.63, 3.8) is 0 Å². The molecule has 0 fully saturated rings. The first-order valence-corrected chi connectivity index (χ1v) is 8.91. The van der Waals surface area contributed by atoms with Crippen LogP contribution in [0.4, 0.5) is 5.69 Å². The van der Waals surface area contributed by atoms with Crippen LogP contribution in [0.15, 0.2) is 47.4 Å². The number of halogens is 1. The van der Waals surface area contributed by atoms with Gasteiger partial charge in [-0.15, -0.1) is 0 Å². The Labute approximate surface area is 149 Å². The van der Waals surface area contributed by atoms with E-state index in [-0.39, 0.29) is 33.3 Å². The summed E-state index contributed by atoms with van der Waals surface area (Å²) in [6, 6.07) is 8.58. The number of benzene rings is 2. The molecule has 0 aliphatic rings. The van der Waals surface area contributed by atoms with E-state index >= 15 is 0 Å². The van der Waals surface area contributed by atoms with E-state index in [9.17, 15) is 23.1 Å². The lowest BCUT2D eigenvalue weighted by Gasteiger charge is -2.12. The Hall–Kier alpha value is -2.58. The number of nitrogens with one attached hydrogen (secondary N) is 1. The van der Waals surface area contributed by atoms with Gasteiger partial charge < -0.3 is 14.6 Å². The predicted octanol–water partition coefficient (Wildman–Crippen LogP) is 1.68. The molecular formula is C16H13ClNO6S-. The monoisotopic (exact) mass is 382 g/mol. The number of rotatable bonds is 6. The number of hydrogen-bond donors (Lipinski definition) is 1. The average Bonchev–Trinajstić information content (AvgIpc) is 2.57. The van der Waals surface area contributed by atoms with Crippen molar-refractivity contribution in [2.24, 2.45) is 0 Å². The highest BCUT2D eigenvalue weighted by atomic mass is 35.5. The first-order valence-electron chi connectivity index (χ1n) is 7.05.